The highest BCUT2D eigenvalue weighted by molar-refractivity contribution is 7.80. The Labute approximate surface area is 222 Å². The number of halogens is 1. The zero-order valence-corrected chi connectivity index (χ0v) is 22.4. The molecule has 0 amide bonds. The topological polar surface area (TPSA) is 42.3 Å². The van der Waals surface area contributed by atoms with Crippen LogP contribution in [0.5, 0.6) is 5.75 Å². The van der Waals surface area contributed by atoms with Gasteiger partial charge in [-0.05, 0) is 92.1 Å². The maximum atomic E-state index is 6.40. The molecule has 1 fully saturated rings. The zero-order valence-electron chi connectivity index (χ0n) is 20.8. The minimum atomic E-state index is -0.111. The van der Waals surface area contributed by atoms with Gasteiger partial charge in [-0.15, -0.1) is 0 Å². The third-order valence-corrected chi connectivity index (χ3v) is 7.44. The van der Waals surface area contributed by atoms with E-state index >= 15 is 0 Å². The minimum Gasteiger partial charge on any atom is -0.495 e. The second-order valence-electron chi connectivity index (χ2n) is 8.99. The summed E-state index contributed by atoms with van der Waals surface area (Å²) in [6.07, 6.45) is 2.82. The first-order valence-corrected chi connectivity index (χ1v) is 12.8. The molecule has 2 aromatic carbocycles. The van der Waals surface area contributed by atoms with E-state index in [1.165, 1.54) is 5.56 Å². The molecule has 1 aliphatic heterocycles. The van der Waals surface area contributed by atoms with Gasteiger partial charge in [0.15, 0.2) is 5.11 Å². The third kappa shape index (κ3) is 4.25. The van der Waals surface area contributed by atoms with Gasteiger partial charge in [-0.1, -0.05) is 36.7 Å². The number of hydrogen-bond donors (Lipinski definition) is 1. The molecule has 3 heterocycles. The molecule has 7 heteroatoms. The Kier molecular flexibility index (Phi) is 6.73. The van der Waals surface area contributed by atoms with Crippen molar-refractivity contribution in [3.8, 4) is 11.4 Å². The van der Waals surface area contributed by atoms with E-state index < -0.39 is 0 Å². The Bertz CT molecular complexity index is 1400. The van der Waals surface area contributed by atoms with Crippen molar-refractivity contribution in [1.82, 2.24) is 14.9 Å². The summed E-state index contributed by atoms with van der Waals surface area (Å²) >= 11 is 12.3. The average molecular weight is 517 g/mol. The lowest BCUT2D eigenvalue weighted by molar-refractivity contribution is 0.412. The Hall–Kier alpha value is -3.35. The van der Waals surface area contributed by atoms with Gasteiger partial charge in [0.25, 0.3) is 0 Å². The molecule has 4 aromatic rings. The van der Waals surface area contributed by atoms with Crippen LogP contribution in [0.2, 0.25) is 5.02 Å². The predicted molar refractivity (Wildman–Crippen MR) is 151 cm³/mol. The van der Waals surface area contributed by atoms with Crippen molar-refractivity contribution in [2.24, 2.45) is 0 Å². The lowest BCUT2D eigenvalue weighted by Crippen LogP contribution is -2.29. The maximum Gasteiger partial charge on any atom is 0.174 e. The van der Waals surface area contributed by atoms with Gasteiger partial charge in [0, 0.05) is 28.3 Å². The molecule has 1 N–H and O–H groups in total. The van der Waals surface area contributed by atoms with E-state index in [1.54, 1.807) is 7.11 Å². The molecule has 5 nitrogen and oxygen atoms in total. The van der Waals surface area contributed by atoms with E-state index in [0.717, 1.165) is 46.2 Å². The SMILES string of the molecule is CCc1ccc(N2C(=S)N[C@@H](c3ccccn3)[C@H]2c2cc(C)n(-c3cc(Cl)ccc3OC)c2C)cc1. The Morgan fingerprint density at radius 1 is 1.06 bits per heavy atom. The molecule has 2 atom stereocenters. The summed E-state index contributed by atoms with van der Waals surface area (Å²) in [4.78, 5) is 6.91. The molecule has 0 bridgehead atoms. The van der Waals surface area contributed by atoms with Gasteiger partial charge in [0.1, 0.15) is 5.75 Å². The molecular weight excluding hydrogens is 488 g/mol. The summed E-state index contributed by atoms with van der Waals surface area (Å²) in [7, 11) is 1.68. The van der Waals surface area contributed by atoms with Gasteiger partial charge in [-0.2, -0.15) is 0 Å². The highest BCUT2D eigenvalue weighted by Gasteiger charge is 2.42. The van der Waals surface area contributed by atoms with Crippen molar-refractivity contribution in [2.45, 2.75) is 39.3 Å². The molecule has 36 heavy (non-hydrogen) atoms. The monoisotopic (exact) mass is 516 g/mol. The van der Waals surface area contributed by atoms with Crippen molar-refractivity contribution in [2.75, 3.05) is 12.0 Å². The summed E-state index contributed by atoms with van der Waals surface area (Å²) in [5, 5.41) is 4.91. The number of aromatic nitrogens is 2. The molecule has 2 aromatic heterocycles. The van der Waals surface area contributed by atoms with E-state index in [2.05, 4.69) is 76.9 Å². The lowest BCUT2D eigenvalue weighted by Gasteiger charge is -2.28. The maximum absolute atomic E-state index is 6.40. The van der Waals surface area contributed by atoms with Gasteiger partial charge in [0.05, 0.1) is 30.6 Å². The number of nitrogens with zero attached hydrogens (tertiary/aromatic N) is 3. The summed E-state index contributed by atoms with van der Waals surface area (Å²) in [6, 6.07) is 22.4. The van der Waals surface area contributed by atoms with Gasteiger partial charge in [0.2, 0.25) is 0 Å². The third-order valence-electron chi connectivity index (χ3n) is 6.89. The van der Waals surface area contributed by atoms with Crippen molar-refractivity contribution in [3.63, 3.8) is 0 Å². The number of thiocarbonyl (C=S) groups is 1. The molecule has 0 spiro atoms. The van der Waals surface area contributed by atoms with Crippen LogP contribution in [0.3, 0.4) is 0 Å². The minimum absolute atomic E-state index is 0.0926. The standard InChI is InChI=1S/C29H29ClN4OS/c1-5-20-9-12-22(13-10-20)34-28(27(32-29(34)36)24-8-6-7-15-31-24)23-16-18(2)33(19(23)3)25-17-21(30)11-14-26(25)35-4/h6-17,27-28H,5H2,1-4H3,(H,32,36)/t27-,28+/m0/s1. The van der Waals surface area contributed by atoms with E-state index in [0.29, 0.717) is 10.1 Å². The molecule has 0 aliphatic carbocycles. The number of methoxy groups -OCH3 is 1. The second-order valence-corrected chi connectivity index (χ2v) is 9.82. The number of pyridine rings is 1. The van der Waals surface area contributed by atoms with Crippen LogP contribution in [0, 0.1) is 13.8 Å². The molecule has 0 saturated carbocycles. The summed E-state index contributed by atoms with van der Waals surface area (Å²) in [6.45, 7) is 6.40. The van der Waals surface area contributed by atoms with Crippen LogP contribution < -0.4 is 15.0 Å². The molecule has 1 saturated heterocycles. The number of ether oxygens (including phenoxy) is 1. The van der Waals surface area contributed by atoms with Crippen LogP contribution in [0.4, 0.5) is 5.69 Å². The fraction of sp³-hybridized carbons (Fsp3) is 0.241. The molecule has 184 valence electrons. The smallest absolute Gasteiger partial charge is 0.174 e. The first kappa shape index (κ1) is 24.3. The largest absolute Gasteiger partial charge is 0.495 e. The predicted octanol–water partition coefficient (Wildman–Crippen LogP) is 6.89. The van der Waals surface area contributed by atoms with E-state index in [-0.39, 0.29) is 12.1 Å². The second kappa shape index (κ2) is 9.96. The summed E-state index contributed by atoms with van der Waals surface area (Å²) in [5.41, 5.74) is 7.55. The van der Waals surface area contributed by atoms with Gasteiger partial charge in [-0.25, -0.2) is 0 Å². The number of anilines is 1. The Morgan fingerprint density at radius 2 is 1.83 bits per heavy atom. The molecule has 0 radical (unpaired) electrons. The van der Waals surface area contributed by atoms with Crippen LogP contribution in [0.1, 0.15) is 47.2 Å². The summed E-state index contributed by atoms with van der Waals surface area (Å²) < 4.78 is 7.89. The quantitative estimate of drug-likeness (QED) is 0.283. The highest BCUT2D eigenvalue weighted by atomic mass is 35.5. The van der Waals surface area contributed by atoms with Crippen LogP contribution in [0.25, 0.3) is 5.69 Å². The first-order valence-electron chi connectivity index (χ1n) is 12.0. The molecule has 1 aliphatic rings. The molecular formula is C29H29ClN4OS. The first-order chi connectivity index (χ1) is 17.4. The van der Waals surface area contributed by atoms with Crippen LogP contribution in [0.15, 0.2) is 72.9 Å². The molecule has 0 unspecified atom stereocenters. The van der Waals surface area contributed by atoms with Crippen LogP contribution in [-0.2, 0) is 6.42 Å². The molecule has 5 rings (SSSR count). The zero-order chi connectivity index (χ0) is 25.4. The van der Waals surface area contributed by atoms with Crippen LogP contribution in [-0.4, -0.2) is 21.8 Å². The summed E-state index contributed by atoms with van der Waals surface area (Å²) in [5.74, 6) is 0.765. The highest BCUT2D eigenvalue weighted by Crippen LogP contribution is 2.44. The number of rotatable bonds is 6. The average Bonchev–Trinajstić information content (AvgIpc) is 3.39. The Morgan fingerprint density at radius 3 is 2.50 bits per heavy atom. The van der Waals surface area contributed by atoms with E-state index in [1.807, 2.05) is 36.5 Å². The number of nitrogens with one attached hydrogen (secondary N) is 1. The van der Waals surface area contributed by atoms with Crippen molar-refractivity contribution < 1.29 is 4.74 Å². The number of benzene rings is 2. The Balaban J connectivity index is 1.69. The van der Waals surface area contributed by atoms with Crippen LogP contribution >= 0.6 is 23.8 Å². The fourth-order valence-electron chi connectivity index (χ4n) is 5.14. The van der Waals surface area contributed by atoms with Gasteiger partial charge < -0.3 is 19.5 Å². The van der Waals surface area contributed by atoms with Crippen molar-refractivity contribution >= 4 is 34.6 Å². The van der Waals surface area contributed by atoms with Crippen molar-refractivity contribution in [3.05, 3.63) is 106 Å². The van der Waals surface area contributed by atoms with Crippen molar-refractivity contribution in [1.29, 1.82) is 0 Å². The lowest BCUT2D eigenvalue weighted by atomic mass is 9.96. The van der Waals surface area contributed by atoms with E-state index in [9.17, 15) is 0 Å². The van der Waals surface area contributed by atoms with Gasteiger partial charge in [-0.3, -0.25) is 4.98 Å². The van der Waals surface area contributed by atoms with Gasteiger partial charge >= 0.3 is 0 Å². The number of aryl methyl sites for hydroxylation is 2. The fourth-order valence-corrected chi connectivity index (χ4v) is 5.65. The van der Waals surface area contributed by atoms with E-state index in [4.69, 9.17) is 28.6 Å². The normalized spacial score (nSPS) is 17.4. The number of hydrogen-bond acceptors (Lipinski definition) is 3.